The number of carbonyl (C=O) groups excluding carboxylic acids is 1. The lowest BCUT2D eigenvalue weighted by Crippen LogP contribution is -2.48. The fourth-order valence-corrected chi connectivity index (χ4v) is 4.14. The summed E-state index contributed by atoms with van der Waals surface area (Å²) in [5, 5.41) is 11.2. The van der Waals surface area contributed by atoms with Gasteiger partial charge in [-0.05, 0) is 37.3 Å². The number of rotatable bonds is 4. The van der Waals surface area contributed by atoms with Crippen LogP contribution in [-0.4, -0.2) is 68.0 Å². The van der Waals surface area contributed by atoms with Crippen LogP contribution in [0.2, 0.25) is 0 Å². The molecule has 0 radical (unpaired) electrons. The van der Waals surface area contributed by atoms with Crippen molar-refractivity contribution in [3.63, 3.8) is 0 Å². The summed E-state index contributed by atoms with van der Waals surface area (Å²) in [6.07, 6.45) is -1.94. The van der Waals surface area contributed by atoms with Gasteiger partial charge < -0.3 is 14.7 Å². The molecular weight excluding hydrogens is 385 g/mol. The predicted molar refractivity (Wildman–Crippen MR) is 95.0 cm³/mol. The van der Waals surface area contributed by atoms with Crippen LogP contribution < -0.4 is 4.90 Å². The third-order valence-corrected chi connectivity index (χ3v) is 5.51. The lowest BCUT2D eigenvalue weighted by atomic mass is 9.78. The quantitative estimate of drug-likeness (QED) is 0.830. The van der Waals surface area contributed by atoms with Crippen LogP contribution in [-0.2, 0) is 14.3 Å². The molecule has 2 aliphatic rings. The lowest BCUT2D eigenvalue weighted by Gasteiger charge is -2.38. The number of thiophene rings is 1. The van der Waals surface area contributed by atoms with Gasteiger partial charge in [-0.3, -0.25) is 9.69 Å². The Morgan fingerprint density at radius 2 is 2.07 bits per heavy atom. The maximum atomic E-state index is 12.9. The fraction of sp³-hybridized carbons (Fsp3) is 0.647. The van der Waals surface area contributed by atoms with E-state index in [4.69, 9.17) is 14.6 Å². The number of aliphatic carboxylic acids is 1. The highest BCUT2D eigenvalue weighted by molar-refractivity contribution is 7.08. The van der Waals surface area contributed by atoms with E-state index in [1.807, 2.05) is 16.3 Å². The van der Waals surface area contributed by atoms with Gasteiger partial charge in [-0.25, -0.2) is 4.79 Å². The van der Waals surface area contributed by atoms with Crippen LogP contribution in [0.25, 0.3) is 0 Å². The first-order chi connectivity index (χ1) is 12.7. The molecule has 1 amide bonds. The van der Waals surface area contributed by atoms with Gasteiger partial charge in [-0.1, -0.05) is 0 Å². The second-order valence-corrected chi connectivity index (χ2v) is 7.42. The largest absolute Gasteiger partial charge is 0.490 e. The van der Waals surface area contributed by atoms with E-state index in [1.54, 1.807) is 18.4 Å². The molecule has 1 atom stereocenters. The standard InChI is InChI=1S/C15H22N2O2S.C2HF3O2/c1-19-9-8-16-6-2-4-15(12-16)5-7-17(14(15)18)13-3-10-20-11-13;3-2(4,5)1(6)7/h3,10-11H,2,4-9,12H2,1H3;(H,6,7). The summed E-state index contributed by atoms with van der Waals surface area (Å²) in [6.45, 7) is 4.54. The Morgan fingerprint density at radius 3 is 2.63 bits per heavy atom. The number of hydrogen-bond donors (Lipinski definition) is 1. The number of amides is 1. The normalized spacial score (nSPS) is 23.4. The van der Waals surface area contributed by atoms with Crippen molar-refractivity contribution >= 4 is 28.9 Å². The van der Waals surface area contributed by atoms with E-state index in [2.05, 4.69) is 10.3 Å². The van der Waals surface area contributed by atoms with Crippen molar-refractivity contribution in [2.24, 2.45) is 5.41 Å². The van der Waals surface area contributed by atoms with E-state index in [9.17, 15) is 18.0 Å². The second-order valence-electron chi connectivity index (χ2n) is 6.64. The van der Waals surface area contributed by atoms with Gasteiger partial charge in [0.15, 0.2) is 0 Å². The van der Waals surface area contributed by atoms with Crippen molar-refractivity contribution in [1.29, 1.82) is 0 Å². The first-order valence-electron chi connectivity index (χ1n) is 8.55. The Bertz CT molecular complexity index is 639. The highest BCUT2D eigenvalue weighted by atomic mass is 32.1. The number of methoxy groups -OCH3 is 1. The zero-order chi connectivity index (χ0) is 20.1. The van der Waals surface area contributed by atoms with Gasteiger partial charge in [0.1, 0.15) is 0 Å². The molecule has 3 heterocycles. The summed E-state index contributed by atoms with van der Waals surface area (Å²) >= 11 is 1.65. The van der Waals surface area contributed by atoms with Crippen molar-refractivity contribution < 1.29 is 32.6 Å². The van der Waals surface area contributed by atoms with Crippen molar-refractivity contribution in [1.82, 2.24) is 4.90 Å². The molecule has 152 valence electrons. The van der Waals surface area contributed by atoms with E-state index < -0.39 is 12.1 Å². The Labute approximate surface area is 159 Å². The first kappa shape index (κ1) is 21.6. The zero-order valence-electron chi connectivity index (χ0n) is 15.0. The Hall–Kier alpha value is -1.65. The average Bonchev–Trinajstić information content (AvgIpc) is 3.23. The van der Waals surface area contributed by atoms with E-state index in [-0.39, 0.29) is 5.41 Å². The number of ether oxygens (including phenoxy) is 1. The van der Waals surface area contributed by atoms with Gasteiger partial charge in [0, 0.05) is 32.1 Å². The van der Waals surface area contributed by atoms with E-state index in [1.165, 1.54) is 0 Å². The summed E-state index contributed by atoms with van der Waals surface area (Å²) < 4.78 is 36.9. The Balaban J connectivity index is 0.000000321. The van der Waals surface area contributed by atoms with Crippen LogP contribution in [0.3, 0.4) is 0 Å². The van der Waals surface area contributed by atoms with Crippen LogP contribution in [0.4, 0.5) is 18.9 Å². The van der Waals surface area contributed by atoms with Crippen molar-refractivity contribution in [3.05, 3.63) is 16.8 Å². The number of anilines is 1. The summed E-state index contributed by atoms with van der Waals surface area (Å²) in [4.78, 5) is 26.1. The molecule has 2 aliphatic heterocycles. The van der Waals surface area contributed by atoms with Crippen molar-refractivity contribution in [2.45, 2.75) is 25.4 Å². The Kier molecular flexibility index (Phi) is 7.24. The van der Waals surface area contributed by atoms with Gasteiger partial charge >= 0.3 is 12.1 Å². The smallest absolute Gasteiger partial charge is 0.475 e. The molecule has 27 heavy (non-hydrogen) atoms. The monoisotopic (exact) mass is 408 g/mol. The number of carboxylic acid groups (broad SMARTS) is 1. The zero-order valence-corrected chi connectivity index (χ0v) is 15.8. The lowest BCUT2D eigenvalue weighted by molar-refractivity contribution is -0.192. The minimum Gasteiger partial charge on any atom is -0.475 e. The molecule has 0 bridgehead atoms. The van der Waals surface area contributed by atoms with Gasteiger partial charge in [0.25, 0.3) is 0 Å². The summed E-state index contributed by atoms with van der Waals surface area (Å²) in [5.74, 6) is -2.43. The molecule has 1 aromatic heterocycles. The SMILES string of the molecule is COCCN1CCCC2(CCN(c3ccsc3)C2=O)C1.O=C(O)C(F)(F)F. The van der Waals surface area contributed by atoms with E-state index in [0.29, 0.717) is 5.91 Å². The first-order valence-corrected chi connectivity index (χ1v) is 9.49. The number of hydrogen-bond acceptors (Lipinski definition) is 5. The Morgan fingerprint density at radius 1 is 1.37 bits per heavy atom. The van der Waals surface area contributed by atoms with Gasteiger partial charge in [0.2, 0.25) is 5.91 Å². The average molecular weight is 408 g/mol. The van der Waals surface area contributed by atoms with Gasteiger partial charge in [0.05, 0.1) is 17.7 Å². The molecule has 1 spiro atoms. The van der Waals surface area contributed by atoms with Crippen LogP contribution in [0.1, 0.15) is 19.3 Å². The number of alkyl halides is 3. The van der Waals surface area contributed by atoms with Crippen LogP contribution in [0.15, 0.2) is 16.8 Å². The molecule has 2 saturated heterocycles. The molecule has 2 fully saturated rings. The number of piperidine rings is 1. The topological polar surface area (TPSA) is 70.1 Å². The third-order valence-electron chi connectivity index (χ3n) is 4.84. The molecule has 1 aromatic rings. The van der Waals surface area contributed by atoms with E-state index >= 15 is 0 Å². The number of nitrogens with zero attached hydrogens (tertiary/aromatic N) is 2. The van der Waals surface area contributed by atoms with Crippen LogP contribution in [0, 0.1) is 5.41 Å². The van der Waals surface area contributed by atoms with Crippen molar-refractivity contribution in [3.8, 4) is 0 Å². The minimum atomic E-state index is -5.08. The summed E-state index contributed by atoms with van der Waals surface area (Å²) in [5.41, 5.74) is 0.930. The number of likely N-dealkylation sites (tertiary alicyclic amines) is 1. The second kappa shape index (κ2) is 9.03. The molecule has 0 saturated carbocycles. The molecule has 10 heteroatoms. The molecule has 0 aromatic carbocycles. The molecule has 1 unspecified atom stereocenters. The number of halogens is 3. The van der Waals surface area contributed by atoms with Crippen LogP contribution in [0.5, 0.6) is 0 Å². The third kappa shape index (κ3) is 5.43. The highest BCUT2D eigenvalue weighted by Gasteiger charge is 2.49. The van der Waals surface area contributed by atoms with Gasteiger partial charge in [-0.15, -0.1) is 0 Å². The van der Waals surface area contributed by atoms with E-state index in [0.717, 1.165) is 57.7 Å². The number of carboxylic acids is 1. The number of carbonyl (C=O) groups is 2. The minimum absolute atomic E-state index is 0.145. The van der Waals surface area contributed by atoms with Gasteiger partial charge in [-0.2, -0.15) is 24.5 Å². The maximum Gasteiger partial charge on any atom is 0.490 e. The summed E-state index contributed by atoms with van der Waals surface area (Å²) in [6, 6.07) is 2.05. The molecule has 6 nitrogen and oxygen atoms in total. The summed E-state index contributed by atoms with van der Waals surface area (Å²) in [7, 11) is 1.73. The van der Waals surface area contributed by atoms with Crippen molar-refractivity contribution in [2.75, 3.05) is 44.8 Å². The molecule has 3 rings (SSSR count). The molecule has 0 aliphatic carbocycles. The van der Waals surface area contributed by atoms with Crippen LogP contribution >= 0.6 is 11.3 Å². The highest BCUT2D eigenvalue weighted by Crippen LogP contribution is 2.42. The predicted octanol–water partition coefficient (Wildman–Crippen LogP) is 2.85. The fourth-order valence-electron chi connectivity index (χ4n) is 3.49. The molecule has 1 N–H and O–H groups in total. The maximum absolute atomic E-state index is 12.9. The molecular formula is C17H23F3N2O4S.